The standard InChI is InChI=1S/C34H36F3N3O4/c1-20(2)16-21(3)17-22(4)40(24(6)41)31-19-27(34(35,36)37)14-15-28(31)23(5)38-39-30-13-8-7-12-29(32(30)42)25-10-9-11-26(18-25)33(43)44/h7-11,13-20,39,42H,12H2,1-6H3,(H,43,44)/b21-16-,22-17+,38-23+. The van der Waals surface area contributed by atoms with Crippen molar-refractivity contribution in [3.05, 3.63) is 118 Å². The second-order valence-corrected chi connectivity index (χ2v) is 10.8. The van der Waals surface area contributed by atoms with Crippen LogP contribution in [0.5, 0.6) is 0 Å². The molecule has 0 atom stereocenters. The van der Waals surface area contributed by atoms with Gasteiger partial charge in [-0.3, -0.25) is 15.1 Å². The van der Waals surface area contributed by atoms with Gasteiger partial charge in [0, 0.05) is 23.8 Å². The van der Waals surface area contributed by atoms with Gasteiger partial charge in [-0.2, -0.15) is 18.3 Å². The zero-order valence-electron chi connectivity index (χ0n) is 25.5. The lowest BCUT2D eigenvalue weighted by molar-refractivity contribution is -0.137. The number of anilines is 1. The molecule has 7 nitrogen and oxygen atoms in total. The van der Waals surface area contributed by atoms with Crippen molar-refractivity contribution in [2.75, 3.05) is 4.90 Å². The van der Waals surface area contributed by atoms with Gasteiger partial charge >= 0.3 is 12.1 Å². The molecule has 0 saturated heterocycles. The topological polar surface area (TPSA) is 102 Å². The highest BCUT2D eigenvalue weighted by Crippen LogP contribution is 2.35. The number of nitrogens with one attached hydrogen (secondary N) is 1. The Hall–Kier alpha value is -4.86. The minimum Gasteiger partial charge on any atom is -0.505 e. The van der Waals surface area contributed by atoms with Crippen molar-refractivity contribution < 1.29 is 33.0 Å². The first-order valence-electron chi connectivity index (χ1n) is 13.9. The normalized spacial score (nSPS) is 14.9. The number of carbonyl (C=O) groups excluding carboxylic acids is 1. The lowest BCUT2D eigenvalue weighted by atomic mass is 9.99. The summed E-state index contributed by atoms with van der Waals surface area (Å²) in [6, 6.07) is 9.28. The molecule has 0 unspecified atom stereocenters. The number of benzene rings is 2. The molecule has 1 aliphatic rings. The van der Waals surface area contributed by atoms with Crippen LogP contribution in [-0.4, -0.2) is 27.8 Å². The molecule has 1 amide bonds. The monoisotopic (exact) mass is 607 g/mol. The van der Waals surface area contributed by atoms with E-state index in [-0.39, 0.29) is 39.9 Å². The van der Waals surface area contributed by atoms with E-state index in [0.29, 0.717) is 23.3 Å². The van der Waals surface area contributed by atoms with Gasteiger partial charge in [-0.1, -0.05) is 55.8 Å². The first kappa shape index (κ1) is 33.6. The summed E-state index contributed by atoms with van der Waals surface area (Å²) in [5, 5.41) is 24.9. The minimum absolute atomic E-state index is 0.00199. The van der Waals surface area contributed by atoms with Crippen molar-refractivity contribution in [3.8, 4) is 0 Å². The summed E-state index contributed by atoms with van der Waals surface area (Å²) in [4.78, 5) is 25.6. The lowest BCUT2D eigenvalue weighted by Crippen LogP contribution is -2.29. The number of alkyl halides is 3. The SMILES string of the molecule is CC(=O)N(/C(C)=C/C(C)=C\C(C)C)c1cc(C(F)(F)F)ccc1/C(C)=N/NC1=CC=CCC(c2cccc(C(=O)O)c2)=C1O. The van der Waals surface area contributed by atoms with E-state index in [4.69, 9.17) is 0 Å². The van der Waals surface area contributed by atoms with Crippen molar-refractivity contribution in [2.45, 2.75) is 54.1 Å². The van der Waals surface area contributed by atoms with Crippen LogP contribution >= 0.6 is 0 Å². The Balaban J connectivity index is 2.09. The summed E-state index contributed by atoms with van der Waals surface area (Å²) in [6.45, 7) is 10.4. The molecule has 0 aliphatic heterocycles. The summed E-state index contributed by atoms with van der Waals surface area (Å²) in [5.74, 6) is -1.52. The molecule has 0 bridgehead atoms. The predicted molar refractivity (Wildman–Crippen MR) is 167 cm³/mol. The number of aromatic carboxylic acids is 1. The summed E-state index contributed by atoms with van der Waals surface area (Å²) in [5.41, 5.74) is 4.89. The molecule has 0 fully saturated rings. The third-order valence-electron chi connectivity index (χ3n) is 6.72. The molecule has 10 heteroatoms. The maximum Gasteiger partial charge on any atom is 0.416 e. The Morgan fingerprint density at radius 3 is 2.39 bits per heavy atom. The third-order valence-corrected chi connectivity index (χ3v) is 6.72. The van der Waals surface area contributed by atoms with E-state index >= 15 is 0 Å². The van der Waals surface area contributed by atoms with Crippen LogP contribution in [-0.2, 0) is 11.0 Å². The second kappa shape index (κ2) is 14.1. The number of carboxylic acid groups (broad SMARTS) is 1. The number of halogens is 3. The van der Waals surface area contributed by atoms with E-state index in [1.54, 1.807) is 50.3 Å². The minimum atomic E-state index is -4.65. The van der Waals surface area contributed by atoms with Crippen LogP contribution in [0.1, 0.15) is 75.0 Å². The van der Waals surface area contributed by atoms with Crippen molar-refractivity contribution in [2.24, 2.45) is 11.0 Å². The van der Waals surface area contributed by atoms with E-state index in [0.717, 1.165) is 17.7 Å². The first-order chi connectivity index (χ1) is 20.6. The van der Waals surface area contributed by atoms with Gasteiger partial charge in [0.15, 0.2) is 0 Å². The quantitative estimate of drug-likeness (QED) is 0.151. The average Bonchev–Trinajstić information content (AvgIpc) is 3.11. The molecule has 0 heterocycles. The van der Waals surface area contributed by atoms with Crippen molar-refractivity contribution in [1.82, 2.24) is 5.43 Å². The Kier molecular flexibility index (Phi) is 10.8. The lowest BCUT2D eigenvalue weighted by Gasteiger charge is -2.26. The number of rotatable bonds is 9. The number of allylic oxidation sites excluding steroid dienone is 8. The second-order valence-electron chi connectivity index (χ2n) is 10.8. The number of carbonyl (C=O) groups is 2. The van der Waals surface area contributed by atoms with Gasteiger partial charge in [0.25, 0.3) is 0 Å². The molecule has 3 N–H and O–H groups in total. The summed E-state index contributed by atoms with van der Waals surface area (Å²) < 4.78 is 41.4. The fourth-order valence-electron chi connectivity index (χ4n) is 4.85. The number of nitrogens with zero attached hydrogens (tertiary/aromatic N) is 2. The molecule has 2 aromatic carbocycles. The Morgan fingerprint density at radius 1 is 1.07 bits per heavy atom. The molecule has 3 rings (SSSR count). The van der Waals surface area contributed by atoms with Crippen LogP contribution in [0, 0.1) is 5.92 Å². The molecule has 0 aromatic heterocycles. The molecule has 44 heavy (non-hydrogen) atoms. The number of hydrogen-bond acceptors (Lipinski definition) is 5. The number of aliphatic hydroxyl groups is 1. The van der Waals surface area contributed by atoms with Crippen LogP contribution in [0.15, 0.2) is 101 Å². The van der Waals surface area contributed by atoms with Crippen LogP contribution in [0.2, 0.25) is 0 Å². The number of hydrazone groups is 1. The largest absolute Gasteiger partial charge is 0.505 e. The molecule has 0 radical (unpaired) electrons. The van der Waals surface area contributed by atoms with Gasteiger partial charge < -0.3 is 10.2 Å². The smallest absolute Gasteiger partial charge is 0.416 e. The van der Waals surface area contributed by atoms with Gasteiger partial charge in [-0.25, -0.2) is 4.79 Å². The number of hydrogen-bond donors (Lipinski definition) is 3. The summed E-state index contributed by atoms with van der Waals surface area (Å²) in [6.07, 6.45) is 4.44. The van der Waals surface area contributed by atoms with E-state index in [1.165, 1.54) is 30.0 Å². The van der Waals surface area contributed by atoms with Crippen molar-refractivity contribution in [1.29, 1.82) is 0 Å². The first-order valence-corrected chi connectivity index (χ1v) is 13.9. The highest BCUT2D eigenvalue weighted by molar-refractivity contribution is 6.08. The summed E-state index contributed by atoms with van der Waals surface area (Å²) >= 11 is 0. The molecule has 2 aromatic rings. The third kappa shape index (κ3) is 8.37. The molecular formula is C34H36F3N3O4. The van der Waals surface area contributed by atoms with Crippen LogP contribution in [0.3, 0.4) is 0 Å². The molecular weight excluding hydrogens is 571 g/mol. The van der Waals surface area contributed by atoms with Gasteiger partial charge in [0.2, 0.25) is 5.91 Å². The molecule has 0 spiro atoms. The Morgan fingerprint density at radius 2 is 1.77 bits per heavy atom. The van der Waals surface area contributed by atoms with Crippen molar-refractivity contribution >= 4 is 28.8 Å². The molecule has 1 aliphatic carbocycles. The highest BCUT2D eigenvalue weighted by Gasteiger charge is 2.32. The van der Waals surface area contributed by atoms with Crippen molar-refractivity contribution in [3.63, 3.8) is 0 Å². The Bertz CT molecular complexity index is 1630. The van der Waals surface area contributed by atoms with Gasteiger partial charge in [0.1, 0.15) is 5.76 Å². The maximum absolute atomic E-state index is 13.8. The number of amides is 1. The highest BCUT2D eigenvalue weighted by atomic mass is 19.4. The Labute approximate surface area is 255 Å². The molecule has 0 saturated carbocycles. The fourth-order valence-corrected chi connectivity index (χ4v) is 4.85. The maximum atomic E-state index is 13.8. The van der Waals surface area contributed by atoms with E-state index in [2.05, 4.69) is 10.5 Å². The number of aliphatic hydroxyl groups excluding tert-OH is 1. The van der Waals surface area contributed by atoms with E-state index in [1.807, 2.05) is 26.8 Å². The predicted octanol–water partition coefficient (Wildman–Crippen LogP) is 8.39. The van der Waals surface area contributed by atoms with Gasteiger partial charge in [-0.05, 0) is 75.1 Å². The summed E-state index contributed by atoms with van der Waals surface area (Å²) in [7, 11) is 0. The zero-order valence-corrected chi connectivity index (χ0v) is 25.5. The fraction of sp³-hybridized carbons (Fsp3) is 0.265. The van der Waals surface area contributed by atoms with Gasteiger partial charge in [0.05, 0.1) is 28.2 Å². The number of carboxylic acids is 1. The van der Waals surface area contributed by atoms with Crippen LogP contribution < -0.4 is 10.3 Å². The van der Waals surface area contributed by atoms with E-state index < -0.39 is 23.6 Å². The average molecular weight is 608 g/mol. The zero-order chi connectivity index (χ0) is 32.8. The van der Waals surface area contributed by atoms with Gasteiger partial charge in [-0.15, -0.1) is 0 Å². The van der Waals surface area contributed by atoms with E-state index in [9.17, 15) is 33.0 Å². The van der Waals surface area contributed by atoms with Crippen LogP contribution in [0.25, 0.3) is 5.57 Å². The molecule has 232 valence electrons. The van der Waals surface area contributed by atoms with Crippen LogP contribution in [0.4, 0.5) is 18.9 Å².